The van der Waals surface area contributed by atoms with Gasteiger partial charge in [0.1, 0.15) is 18.2 Å². The van der Waals surface area contributed by atoms with E-state index in [0.717, 1.165) is 20.0 Å². The summed E-state index contributed by atoms with van der Waals surface area (Å²) in [7, 11) is 0. The van der Waals surface area contributed by atoms with Gasteiger partial charge in [-0.25, -0.2) is 17.6 Å². The third kappa shape index (κ3) is 5.39. The van der Waals surface area contributed by atoms with E-state index in [0.29, 0.717) is 38.2 Å². The molecular formula is C27H30F5IN4O. The lowest BCUT2D eigenvalue weighted by molar-refractivity contribution is -0.0869. The molecule has 1 saturated heterocycles. The number of nitrogens with one attached hydrogen (secondary N) is 2. The largest absolute Gasteiger partial charge is 0.390 e. The van der Waals surface area contributed by atoms with Gasteiger partial charge < -0.3 is 15.4 Å². The third-order valence-corrected chi connectivity index (χ3v) is 8.18. The molecule has 0 radical (unpaired) electrons. The van der Waals surface area contributed by atoms with E-state index in [9.17, 15) is 18.3 Å². The van der Waals surface area contributed by atoms with Gasteiger partial charge in [-0.05, 0) is 72.2 Å². The van der Waals surface area contributed by atoms with Crippen molar-refractivity contribution in [1.29, 1.82) is 0 Å². The second-order valence-electron chi connectivity index (χ2n) is 10.3. The molecule has 5 nitrogen and oxygen atoms in total. The minimum absolute atomic E-state index is 0.0171. The number of likely N-dealkylation sites (tertiary alicyclic amines) is 1. The fourth-order valence-electron chi connectivity index (χ4n) is 5.70. The molecule has 1 fully saturated rings. The third-order valence-electron chi connectivity index (χ3n) is 7.51. The fourth-order valence-corrected chi connectivity index (χ4v) is 6.19. The molecule has 5 rings (SSSR count). The summed E-state index contributed by atoms with van der Waals surface area (Å²) in [5, 5.41) is 13.3. The van der Waals surface area contributed by atoms with Crippen LogP contribution in [0.3, 0.4) is 0 Å². The summed E-state index contributed by atoms with van der Waals surface area (Å²) in [4.78, 5) is 6.70. The first kappa shape index (κ1) is 27.6. The van der Waals surface area contributed by atoms with Gasteiger partial charge in [0.2, 0.25) is 0 Å². The SMILES string of the molecule is C[C@@H]1Cc2c([nH]c3cc(I)ccc23)[C@@H](c2c(F)cc(NC3CN(CCCF)C3)cc2F)N1CC(F)(F)CO. The predicted molar refractivity (Wildman–Crippen MR) is 146 cm³/mol. The number of H-pyrrole nitrogens is 1. The highest BCUT2D eigenvalue weighted by molar-refractivity contribution is 14.1. The van der Waals surface area contributed by atoms with Crippen molar-refractivity contribution in [2.24, 2.45) is 0 Å². The van der Waals surface area contributed by atoms with E-state index < -0.39 is 42.8 Å². The fraction of sp³-hybridized carbons (Fsp3) is 0.481. The Labute approximate surface area is 231 Å². The van der Waals surface area contributed by atoms with Gasteiger partial charge in [-0.15, -0.1) is 0 Å². The maximum absolute atomic E-state index is 15.7. The van der Waals surface area contributed by atoms with Gasteiger partial charge in [0.25, 0.3) is 5.92 Å². The highest BCUT2D eigenvalue weighted by Crippen LogP contribution is 2.44. The number of aliphatic hydroxyl groups excluding tert-OH is 1. The van der Waals surface area contributed by atoms with Crippen LogP contribution in [0.25, 0.3) is 10.9 Å². The summed E-state index contributed by atoms with van der Waals surface area (Å²) < 4.78 is 73.8. The van der Waals surface area contributed by atoms with E-state index in [1.54, 1.807) is 6.92 Å². The lowest BCUT2D eigenvalue weighted by atomic mass is 9.87. The van der Waals surface area contributed by atoms with Crippen molar-refractivity contribution < 1.29 is 27.1 Å². The van der Waals surface area contributed by atoms with Crippen LogP contribution in [-0.4, -0.2) is 77.4 Å². The van der Waals surface area contributed by atoms with E-state index in [2.05, 4.69) is 37.8 Å². The van der Waals surface area contributed by atoms with Crippen LogP contribution in [-0.2, 0) is 6.42 Å². The number of aromatic nitrogens is 1. The van der Waals surface area contributed by atoms with E-state index in [4.69, 9.17) is 0 Å². The Morgan fingerprint density at radius 3 is 2.53 bits per heavy atom. The molecule has 3 heterocycles. The molecule has 0 aliphatic carbocycles. The summed E-state index contributed by atoms with van der Waals surface area (Å²) in [6, 6.07) is 6.57. The number of aliphatic hydroxyl groups is 1. The van der Waals surface area contributed by atoms with Crippen LogP contribution in [0, 0.1) is 15.2 Å². The van der Waals surface area contributed by atoms with E-state index in [1.165, 1.54) is 17.0 Å². The Morgan fingerprint density at radius 2 is 1.87 bits per heavy atom. The highest BCUT2D eigenvalue weighted by atomic mass is 127. The van der Waals surface area contributed by atoms with Crippen LogP contribution >= 0.6 is 22.6 Å². The Hall–Kier alpha value is -1.96. The Morgan fingerprint density at radius 1 is 1.16 bits per heavy atom. The molecule has 0 bridgehead atoms. The molecule has 1 aromatic heterocycles. The number of alkyl halides is 3. The van der Waals surface area contributed by atoms with E-state index in [-0.39, 0.29) is 24.0 Å². The van der Waals surface area contributed by atoms with Gasteiger partial charge in [0.05, 0.1) is 25.3 Å². The monoisotopic (exact) mass is 648 g/mol. The first-order valence-corrected chi connectivity index (χ1v) is 13.8. The smallest absolute Gasteiger partial charge is 0.283 e. The maximum Gasteiger partial charge on any atom is 0.283 e. The number of benzene rings is 2. The minimum atomic E-state index is -3.45. The number of fused-ring (bicyclic) bond motifs is 3. The summed E-state index contributed by atoms with van der Waals surface area (Å²) in [5.41, 5.74) is 2.06. The van der Waals surface area contributed by atoms with Crippen LogP contribution < -0.4 is 5.32 Å². The molecule has 0 amide bonds. The normalized spacial score (nSPS) is 21.1. The molecule has 11 heteroatoms. The van der Waals surface area contributed by atoms with Gasteiger partial charge in [-0.3, -0.25) is 14.2 Å². The Bertz CT molecular complexity index is 1290. The molecule has 2 aromatic carbocycles. The van der Waals surface area contributed by atoms with Crippen LogP contribution in [0.5, 0.6) is 0 Å². The highest BCUT2D eigenvalue weighted by Gasteiger charge is 2.43. The number of hydrogen-bond acceptors (Lipinski definition) is 4. The quantitative estimate of drug-likeness (QED) is 0.213. The van der Waals surface area contributed by atoms with Crippen LogP contribution in [0.1, 0.15) is 36.2 Å². The molecule has 206 valence electrons. The second-order valence-corrected chi connectivity index (χ2v) is 11.6. The van der Waals surface area contributed by atoms with Crippen molar-refractivity contribution in [3.8, 4) is 0 Å². The molecule has 3 aromatic rings. The number of rotatable bonds is 9. The summed E-state index contributed by atoms with van der Waals surface area (Å²) >= 11 is 2.17. The number of hydrogen-bond donors (Lipinski definition) is 3. The summed E-state index contributed by atoms with van der Waals surface area (Å²) in [6.45, 7) is 1.08. The van der Waals surface area contributed by atoms with Crippen molar-refractivity contribution in [2.45, 2.75) is 43.8 Å². The average molecular weight is 648 g/mol. The van der Waals surface area contributed by atoms with Gasteiger partial charge in [-0.2, -0.15) is 0 Å². The zero-order valence-electron chi connectivity index (χ0n) is 20.9. The van der Waals surface area contributed by atoms with Crippen molar-refractivity contribution in [3.05, 3.63) is 62.4 Å². The molecule has 0 unspecified atom stereocenters. The van der Waals surface area contributed by atoms with Crippen LogP contribution in [0.4, 0.5) is 27.6 Å². The molecular weight excluding hydrogens is 618 g/mol. The van der Waals surface area contributed by atoms with Crippen LogP contribution in [0.2, 0.25) is 0 Å². The predicted octanol–water partition coefficient (Wildman–Crippen LogP) is 5.47. The summed E-state index contributed by atoms with van der Waals surface area (Å²) in [5.74, 6) is -5.12. The molecule has 0 saturated carbocycles. The first-order valence-electron chi connectivity index (χ1n) is 12.7. The van der Waals surface area contributed by atoms with E-state index in [1.807, 2.05) is 18.2 Å². The molecule has 2 aliphatic heterocycles. The lowest BCUT2D eigenvalue weighted by Crippen LogP contribution is -2.54. The zero-order chi connectivity index (χ0) is 27.2. The second kappa shape index (κ2) is 10.9. The van der Waals surface area contributed by atoms with E-state index >= 15 is 8.78 Å². The van der Waals surface area contributed by atoms with Crippen LogP contribution in [0.15, 0.2) is 30.3 Å². The standard InChI is InChI=1S/C27H30F5IN4O/c1-15-7-20-19-4-3-16(33)8-23(19)35-25(20)26(37(15)13-27(31,32)14-38)24-21(29)9-17(10-22(24)30)34-18-11-36(12-18)6-2-5-28/h3-4,8-10,15,18,26,34-35,38H,2,5-7,11-14H2,1H3/t15-,26-/m1/s1. The average Bonchev–Trinajstić information content (AvgIpc) is 3.18. The lowest BCUT2D eigenvalue weighted by Gasteiger charge is -2.42. The molecule has 2 atom stereocenters. The molecule has 2 aliphatic rings. The summed E-state index contributed by atoms with van der Waals surface area (Å²) in [6.07, 6.45) is 0.864. The Balaban J connectivity index is 1.52. The van der Waals surface area contributed by atoms with Gasteiger partial charge in [0, 0.05) is 57.1 Å². The first-order chi connectivity index (χ1) is 18.1. The number of halogens is 6. The van der Waals surface area contributed by atoms with Crippen molar-refractivity contribution >= 4 is 39.2 Å². The number of anilines is 1. The van der Waals surface area contributed by atoms with Crippen molar-refractivity contribution in [3.63, 3.8) is 0 Å². The molecule has 0 spiro atoms. The molecule has 3 N–H and O–H groups in total. The number of nitrogens with zero attached hydrogens (tertiary/aromatic N) is 2. The zero-order valence-corrected chi connectivity index (χ0v) is 23.0. The number of aromatic amines is 1. The minimum Gasteiger partial charge on any atom is -0.390 e. The topological polar surface area (TPSA) is 54.5 Å². The Kier molecular flexibility index (Phi) is 7.92. The van der Waals surface area contributed by atoms with Gasteiger partial charge in [0.15, 0.2) is 0 Å². The van der Waals surface area contributed by atoms with Crippen molar-refractivity contribution in [1.82, 2.24) is 14.8 Å². The van der Waals surface area contributed by atoms with Crippen molar-refractivity contribution in [2.75, 3.05) is 44.8 Å². The maximum atomic E-state index is 15.7. The van der Waals surface area contributed by atoms with Gasteiger partial charge in [-0.1, -0.05) is 6.07 Å². The molecule has 38 heavy (non-hydrogen) atoms. The van der Waals surface area contributed by atoms with Gasteiger partial charge >= 0.3 is 0 Å².